The molecule has 0 spiro atoms. The summed E-state index contributed by atoms with van der Waals surface area (Å²) in [6.07, 6.45) is 1.79. The number of nitrogens with one attached hydrogen (secondary N) is 5. The van der Waals surface area contributed by atoms with Crippen molar-refractivity contribution in [1.82, 2.24) is 19.9 Å². The highest BCUT2D eigenvalue weighted by Gasteiger charge is 2.26. The Hall–Kier alpha value is -4.42. The highest BCUT2D eigenvalue weighted by atomic mass is 16.5. The Bertz CT molecular complexity index is 1550. The average molecular weight is 575 g/mol. The largest absolute Gasteiger partial charge is 0.359 e. The molecule has 2 aliphatic heterocycles. The fourth-order valence-corrected chi connectivity index (χ4v) is 5.02. The van der Waals surface area contributed by atoms with Crippen LogP contribution in [0.3, 0.4) is 0 Å². The number of aryl methyl sites for hydroxylation is 1. The number of anilines is 4. The second-order valence-electron chi connectivity index (χ2n) is 12.0. The van der Waals surface area contributed by atoms with Crippen molar-refractivity contribution in [3.8, 4) is 0 Å². The minimum absolute atomic E-state index is 0.0600. The Kier molecular flexibility index (Phi) is 7.93. The first-order chi connectivity index (χ1) is 19.9. The van der Waals surface area contributed by atoms with Crippen LogP contribution in [0.1, 0.15) is 49.0 Å². The monoisotopic (exact) mass is 574 g/mol. The molecule has 4 heterocycles. The molecular formula is C30H38N8O4. The Labute approximate surface area is 244 Å². The van der Waals surface area contributed by atoms with Gasteiger partial charge < -0.3 is 30.4 Å². The summed E-state index contributed by atoms with van der Waals surface area (Å²) in [4.78, 5) is 46.0. The molecular weight excluding hydrogens is 536 g/mol. The summed E-state index contributed by atoms with van der Waals surface area (Å²) in [7, 11) is 2.08. The molecule has 1 aromatic carbocycles. The van der Waals surface area contributed by atoms with Gasteiger partial charge in [-0.1, -0.05) is 32.0 Å². The molecule has 222 valence electrons. The van der Waals surface area contributed by atoms with E-state index in [0.29, 0.717) is 40.6 Å². The maximum absolute atomic E-state index is 12.9. The van der Waals surface area contributed by atoms with Gasteiger partial charge in [0.2, 0.25) is 5.91 Å². The highest BCUT2D eigenvalue weighted by molar-refractivity contribution is 6.35. The number of nitrogens with zero attached hydrogens (tertiary/aromatic N) is 3. The van der Waals surface area contributed by atoms with Crippen LogP contribution in [0.4, 0.5) is 27.7 Å². The van der Waals surface area contributed by atoms with Gasteiger partial charge in [-0.2, -0.15) is 0 Å². The standard InChI is InChI=1S/C30H38N8O4/c1-17-22(31-18(2)27(17)35-26(39)16-38-11-9-37(6)10-12-38)14-21-20-8-7-19(13-23(20)33-28(21)40)32-29(41)34-25-15-24(42-36-25)30(3,4)5/h7-8,13-15,31H,9-12,16H2,1-6H3,(H,33,40)(H,35,39)(H2,32,34,36,41)/b21-14-. The molecule has 4 amide bonds. The van der Waals surface area contributed by atoms with Crippen molar-refractivity contribution >= 4 is 52.4 Å². The van der Waals surface area contributed by atoms with Crippen LogP contribution in [0.5, 0.6) is 0 Å². The van der Waals surface area contributed by atoms with E-state index in [0.717, 1.165) is 48.8 Å². The summed E-state index contributed by atoms with van der Waals surface area (Å²) in [5.41, 5.74) is 5.19. The Balaban J connectivity index is 1.26. The number of amides is 4. The number of H-pyrrole nitrogens is 1. The molecule has 1 saturated heterocycles. The zero-order chi connectivity index (χ0) is 30.2. The van der Waals surface area contributed by atoms with Crippen LogP contribution < -0.4 is 21.3 Å². The molecule has 0 unspecified atom stereocenters. The van der Waals surface area contributed by atoms with Crippen molar-refractivity contribution in [2.75, 3.05) is 61.0 Å². The van der Waals surface area contributed by atoms with E-state index in [1.807, 2.05) is 34.6 Å². The van der Waals surface area contributed by atoms with Gasteiger partial charge in [-0.3, -0.25) is 19.8 Å². The predicted molar refractivity (Wildman–Crippen MR) is 164 cm³/mol. The molecule has 5 N–H and O–H groups in total. The molecule has 0 atom stereocenters. The predicted octanol–water partition coefficient (Wildman–Crippen LogP) is 4.24. The van der Waals surface area contributed by atoms with E-state index in [2.05, 4.69) is 48.3 Å². The van der Waals surface area contributed by atoms with E-state index in [1.165, 1.54) is 0 Å². The van der Waals surface area contributed by atoms with Gasteiger partial charge in [0.05, 0.1) is 23.5 Å². The fraction of sp³-hybridized carbons (Fsp3) is 0.400. The quantitative estimate of drug-likeness (QED) is 0.277. The van der Waals surface area contributed by atoms with Gasteiger partial charge in [-0.15, -0.1) is 0 Å². The zero-order valence-corrected chi connectivity index (χ0v) is 24.9. The van der Waals surface area contributed by atoms with Gasteiger partial charge in [0.1, 0.15) is 5.76 Å². The Morgan fingerprint density at radius 2 is 1.81 bits per heavy atom. The number of carbonyl (C=O) groups excluding carboxylic acids is 3. The third-order valence-electron chi connectivity index (χ3n) is 7.54. The Morgan fingerprint density at radius 3 is 2.50 bits per heavy atom. The van der Waals surface area contributed by atoms with Gasteiger partial charge in [0, 0.05) is 60.3 Å². The zero-order valence-electron chi connectivity index (χ0n) is 24.9. The molecule has 2 aromatic heterocycles. The number of hydrogen-bond donors (Lipinski definition) is 5. The van der Waals surface area contributed by atoms with E-state index in [4.69, 9.17) is 4.52 Å². The van der Waals surface area contributed by atoms with Gasteiger partial charge in [-0.05, 0) is 44.7 Å². The van der Waals surface area contributed by atoms with Crippen molar-refractivity contribution in [3.05, 3.63) is 52.5 Å². The second kappa shape index (κ2) is 11.5. The number of likely N-dealkylation sites (N-methyl/N-ethyl adjacent to an activating group) is 1. The topological polar surface area (TPSA) is 148 Å². The fourth-order valence-electron chi connectivity index (χ4n) is 5.02. The maximum Gasteiger partial charge on any atom is 0.324 e. The lowest BCUT2D eigenvalue weighted by Gasteiger charge is -2.31. The summed E-state index contributed by atoms with van der Waals surface area (Å²) in [6, 6.07) is 6.42. The Morgan fingerprint density at radius 1 is 1.07 bits per heavy atom. The van der Waals surface area contributed by atoms with E-state index in [-0.39, 0.29) is 17.2 Å². The van der Waals surface area contributed by atoms with E-state index < -0.39 is 6.03 Å². The first-order valence-corrected chi connectivity index (χ1v) is 14.0. The third-order valence-corrected chi connectivity index (χ3v) is 7.54. The molecule has 0 radical (unpaired) electrons. The summed E-state index contributed by atoms with van der Waals surface area (Å²) in [5.74, 6) is 0.653. The average Bonchev–Trinajstić information content (AvgIpc) is 3.58. The SMILES string of the molecule is Cc1[nH]c(/C=C2\C(=O)Nc3cc(NC(=O)Nc4cc(C(C)(C)C)on4)ccc32)c(C)c1NC(=O)CN1CCN(C)CC1. The van der Waals surface area contributed by atoms with Gasteiger partial charge in [-0.25, -0.2) is 4.79 Å². The first-order valence-electron chi connectivity index (χ1n) is 14.0. The molecule has 12 heteroatoms. The molecule has 0 saturated carbocycles. The minimum atomic E-state index is -0.483. The van der Waals surface area contributed by atoms with Crippen LogP contribution in [0.15, 0.2) is 28.8 Å². The van der Waals surface area contributed by atoms with Crippen molar-refractivity contribution in [2.45, 2.75) is 40.0 Å². The van der Waals surface area contributed by atoms with Gasteiger partial charge in [0.25, 0.3) is 5.91 Å². The molecule has 5 rings (SSSR count). The van der Waals surface area contributed by atoms with E-state index >= 15 is 0 Å². The lowest BCUT2D eigenvalue weighted by atomic mass is 9.93. The summed E-state index contributed by atoms with van der Waals surface area (Å²) in [6.45, 7) is 13.8. The smallest absolute Gasteiger partial charge is 0.324 e. The maximum atomic E-state index is 12.9. The molecule has 1 fully saturated rings. The molecule has 2 aliphatic rings. The number of carbonyl (C=O) groups is 3. The minimum Gasteiger partial charge on any atom is -0.359 e. The normalized spacial score (nSPS) is 16.8. The van der Waals surface area contributed by atoms with Crippen molar-refractivity contribution in [2.24, 2.45) is 0 Å². The number of hydrogen-bond acceptors (Lipinski definition) is 7. The number of rotatable bonds is 6. The van der Waals surface area contributed by atoms with Crippen LogP contribution in [-0.2, 0) is 15.0 Å². The van der Waals surface area contributed by atoms with Crippen LogP contribution in [0.25, 0.3) is 11.6 Å². The first kappa shape index (κ1) is 29.1. The van der Waals surface area contributed by atoms with E-state index in [9.17, 15) is 14.4 Å². The van der Waals surface area contributed by atoms with Crippen molar-refractivity contribution in [1.29, 1.82) is 0 Å². The molecule has 0 aliphatic carbocycles. The van der Waals surface area contributed by atoms with Crippen LogP contribution in [0, 0.1) is 13.8 Å². The number of aromatic amines is 1. The molecule has 12 nitrogen and oxygen atoms in total. The number of fused-ring (bicyclic) bond motifs is 1. The van der Waals surface area contributed by atoms with Crippen molar-refractivity contribution in [3.63, 3.8) is 0 Å². The van der Waals surface area contributed by atoms with Crippen LogP contribution in [-0.4, -0.2) is 77.6 Å². The summed E-state index contributed by atoms with van der Waals surface area (Å²) >= 11 is 0. The van der Waals surface area contributed by atoms with Crippen LogP contribution in [0.2, 0.25) is 0 Å². The lowest BCUT2D eigenvalue weighted by molar-refractivity contribution is -0.117. The highest BCUT2D eigenvalue weighted by Crippen LogP contribution is 2.36. The van der Waals surface area contributed by atoms with Crippen LogP contribution >= 0.6 is 0 Å². The van der Waals surface area contributed by atoms with E-state index in [1.54, 1.807) is 30.3 Å². The van der Waals surface area contributed by atoms with Gasteiger partial charge in [0.15, 0.2) is 5.82 Å². The number of aromatic nitrogens is 2. The molecule has 0 bridgehead atoms. The molecule has 3 aromatic rings. The third kappa shape index (κ3) is 6.39. The van der Waals surface area contributed by atoms with Crippen molar-refractivity contribution < 1.29 is 18.9 Å². The summed E-state index contributed by atoms with van der Waals surface area (Å²) < 4.78 is 5.31. The summed E-state index contributed by atoms with van der Waals surface area (Å²) in [5, 5.41) is 15.2. The number of urea groups is 1. The van der Waals surface area contributed by atoms with Gasteiger partial charge >= 0.3 is 6.03 Å². The second-order valence-corrected chi connectivity index (χ2v) is 12.0. The number of piperazine rings is 1. The lowest BCUT2D eigenvalue weighted by Crippen LogP contribution is -2.47. The molecule has 42 heavy (non-hydrogen) atoms. The number of benzene rings is 1.